The minimum absolute atomic E-state index is 0.0469. The summed E-state index contributed by atoms with van der Waals surface area (Å²) < 4.78 is 10.8. The zero-order chi connectivity index (χ0) is 24.2. The van der Waals surface area contributed by atoms with Crippen molar-refractivity contribution in [2.45, 2.75) is 52.0 Å². The summed E-state index contributed by atoms with van der Waals surface area (Å²) in [5, 5.41) is 7.83. The van der Waals surface area contributed by atoms with Crippen molar-refractivity contribution in [3.8, 4) is 11.4 Å². The van der Waals surface area contributed by atoms with Gasteiger partial charge in [0.1, 0.15) is 5.00 Å². The highest BCUT2D eigenvalue weighted by Gasteiger charge is 2.31. The van der Waals surface area contributed by atoms with Crippen molar-refractivity contribution in [1.29, 1.82) is 0 Å². The second-order valence-corrected chi connectivity index (χ2v) is 10.2. The van der Waals surface area contributed by atoms with Gasteiger partial charge in [0.25, 0.3) is 0 Å². The lowest BCUT2D eigenvalue weighted by Crippen LogP contribution is -2.40. The Morgan fingerprint density at radius 3 is 2.86 bits per heavy atom. The SMILES string of the molecule is CCOC(=O)c1c(NC(=O)C2CCCN(Cc3nc(-c4ccccc4)no3)C2)sc2c1CCCC2. The zero-order valence-electron chi connectivity index (χ0n) is 19.9. The molecular weight excluding hydrogens is 464 g/mol. The van der Waals surface area contributed by atoms with Crippen LogP contribution in [0.4, 0.5) is 5.00 Å². The molecule has 8 nitrogen and oxygen atoms in total. The largest absolute Gasteiger partial charge is 0.462 e. The summed E-state index contributed by atoms with van der Waals surface area (Å²) in [4.78, 5) is 33.9. The van der Waals surface area contributed by atoms with E-state index in [1.807, 2.05) is 30.3 Å². The Bertz CT molecular complexity index is 1190. The number of anilines is 1. The van der Waals surface area contributed by atoms with Crippen LogP contribution in [-0.2, 0) is 28.9 Å². The van der Waals surface area contributed by atoms with E-state index in [2.05, 4.69) is 20.4 Å². The number of amides is 1. The van der Waals surface area contributed by atoms with Crippen molar-refractivity contribution < 1.29 is 18.8 Å². The lowest BCUT2D eigenvalue weighted by molar-refractivity contribution is -0.121. The van der Waals surface area contributed by atoms with Crippen LogP contribution in [0, 0.1) is 5.92 Å². The molecule has 35 heavy (non-hydrogen) atoms. The lowest BCUT2D eigenvalue weighted by Gasteiger charge is -2.30. The van der Waals surface area contributed by atoms with Crippen molar-refractivity contribution >= 4 is 28.2 Å². The maximum Gasteiger partial charge on any atom is 0.341 e. The van der Waals surface area contributed by atoms with Crippen LogP contribution in [-0.4, -0.2) is 46.6 Å². The number of fused-ring (bicyclic) bond motifs is 1. The molecule has 3 heterocycles. The number of piperidine rings is 1. The van der Waals surface area contributed by atoms with Gasteiger partial charge in [-0.2, -0.15) is 4.98 Å². The molecule has 1 saturated heterocycles. The van der Waals surface area contributed by atoms with E-state index in [9.17, 15) is 9.59 Å². The Labute approximate surface area is 208 Å². The molecule has 1 N–H and O–H groups in total. The molecular formula is C26H30N4O4S. The third kappa shape index (κ3) is 5.31. The van der Waals surface area contributed by atoms with E-state index in [0.29, 0.717) is 42.0 Å². The molecule has 1 aliphatic carbocycles. The first-order chi connectivity index (χ1) is 17.1. The molecule has 1 atom stereocenters. The number of hydrogen-bond donors (Lipinski definition) is 1. The first-order valence-corrected chi connectivity index (χ1v) is 13.2. The number of aryl methyl sites for hydroxylation is 1. The number of aromatic nitrogens is 2. The van der Waals surface area contributed by atoms with Gasteiger partial charge in [-0.1, -0.05) is 35.5 Å². The summed E-state index contributed by atoms with van der Waals surface area (Å²) in [6.45, 7) is 4.10. The van der Waals surface area contributed by atoms with Gasteiger partial charge in [0.15, 0.2) is 0 Å². The monoisotopic (exact) mass is 494 g/mol. The molecule has 0 radical (unpaired) electrons. The molecule has 0 bridgehead atoms. The molecule has 1 unspecified atom stereocenters. The van der Waals surface area contributed by atoms with Crippen LogP contribution in [0.5, 0.6) is 0 Å². The maximum absolute atomic E-state index is 13.3. The third-order valence-corrected chi connectivity index (χ3v) is 7.83. The minimum Gasteiger partial charge on any atom is -0.462 e. The number of carbonyl (C=O) groups is 2. The van der Waals surface area contributed by atoms with E-state index in [1.54, 1.807) is 6.92 Å². The average molecular weight is 495 g/mol. The molecule has 1 amide bonds. The third-order valence-electron chi connectivity index (χ3n) is 6.62. The van der Waals surface area contributed by atoms with Crippen LogP contribution in [0.15, 0.2) is 34.9 Å². The van der Waals surface area contributed by atoms with E-state index in [4.69, 9.17) is 9.26 Å². The molecule has 2 aliphatic rings. The van der Waals surface area contributed by atoms with Crippen LogP contribution in [0.25, 0.3) is 11.4 Å². The van der Waals surface area contributed by atoms with Gasteiger partial charge in [-0.25, -0.2) is 4.79 Å². The van der Waals surface area contributed by atoms with Crippen LogP contribution < -0.4 is 5.32 Å². The fraction of sp³-hybridized carbons (Fsp3) is 0.462. The van der Waals surface area contributed by atoms with Gasteiger partial charge in [0.05, 0.1) is 24.6 Å². The average Bonchev–Trinajstić information content (AvgIpc) is 3.49. The Kier molecular flexibility index (Phi) is 7.24. The smallest absolute Gasteiger partial charge is 0.341 e. The Morgan fingerprint density at radius 1 is 1.20 bits per heavy atom. The van der Waals surface area contributed by atoms with Gasteiger partial charge in [0, 0.05) is 17.0 Å². The second-order valence-electron chi connectivity index (χ2n) is 9.08. The van der Waals surface area contributed by atoms with E-state index in [0.717, 1.165) is 56.2 Å². The normalized spacial score (nSPS) is 18.1. The van der Waals surface area contributed by atoms with E-state index >= 15 is 0 Å². The lowest BCUT2D eigenvalue weighted by atomic mass is 9.95. The standard InChI is InChI=1S/C26H30N4O4S/c1-2-33-26(32)22-19-12-6-7-13-20(19)35-25(22)28-24(31)18-11-8-14-30(15-18)16-21-27-23(29-34-21)17-9-4-3-5-10-17/h3-5,9-10,18H,2,6-8,11-16H2,1H3,(H,28,31). The molecule has 9 heteroatoms. The number of esters is 1. The number of rotatable bonds is 7. The fourth-order valence-electron chi connectivity index (χ4n) is 4.92. The number of thiophene rings is 1. The predicted octanol–water partition coefficient (Wildman–Crippen LogP) is 4.70. The zero-order valence-corrected chi connectivity index (χ0v) is 20.7. The van der Waals surface area contributed by atoms with Crippen molar-refractivity contribution in [3.05, 3.63) is 52.2 Å². The molecule has 3 aromatic rings. The van der Waals surface area contributed by atoms with Gasteiger partial charge in [-0.15, -0.1) is 11.3 Å². The quantitative estimate of drug-likeness (QED) is 0.475. The Morgan fingerprint density at radius 2 is 2.03 bits per heavy atom. The van der Waals surface area contributed by atoms with Crippen LogP contribution >= 0.6 is 11.3 Å². The van der Waals surface area contributed by atoms with Crippen molar-refractivity contribution in [3.63, 3.8) is 0 Å². The fourth-order valence-corrected chi connectivity index (χ4v) is 6.20. The predicted molar refractivity (Wildman–Crippen MR) is 133 cm³/mol. The van der Waals surface area contributed by atoms with Gasteiger partial charge in [0.2, 0.25) is 17.6 Å². The van der Waals surface area contributed by atoms with E-state index in [1.165, 1.54) is 16.2 Å². The van der Waals surface area contributed by atoms with Gasteiger partial charge >= 0.3 is 5.97 Å². The molecule has 0 saturated carbocycles. The van der Waals surface area contributed by atoms with Gasteiger partial charge < -0.3 is 14.6 Å². The van der Waals surface area contributed by atoms with Crippen LogP contribution in [0.1, 0.15) is 59.3 Å². The van der Waals surface area contributed by atoms with Crippen molar-refractivity contribution in [2.75, 3.05) is 25.0 Å². The molecule has 0 spiro atoms. The number of ether oxygens (including phenoxy) is 1. The molecule has 1 aliphatic heterocycles. The minimum atomic E-state index is -0.335. The number of hydrogen-bond acceptors (Lipinski definition) is 8. The molecule has 2 aromatic heterocycles. The van der Waals surface area contributed by atoms with Gasteiger partial charge in [-0.3, -0.25) is 9.69 Å². The number of nitrogens with zero attached hydrogens (tertiary/aromatic N) is 3. The molecule has 1 aromatic carbocycles. The Hall–Kier alpha value is -3.04. The highest BCUT2D eigenvalue weighted by atomic mass is 32.1. The second kappa shape index (κ2) is 10.7. The number of likely N-dealkylation sites (tertiary alicyclic amines) is 1. The van der Waals surface area contributed by atoms with Crippen molar-refractivity contribution in [2.24, 2.45) is 5.92 Å². The molecule has 184 valence electrons. The summed E-state index contributed by atoms with van der Waals surface area (Å²) in [6.07, 6.45) is 5.70. The first-order valence-electron chi connectivity index (χ1n) is 12.3. The number of carbonyl (C=O) groups excluding carboxylic acids is 2. The summed E-state index contributed by atoms with van der Waals surface area (Å²) in [6, 6.07) is 9.73. The number of benzene rings is 1. The maximum atomic E-state index is 13.3. The van der Waals surface area contributed by atoms with Gasteiger partial charge in [-0.05, 0) is 57.6 Å². The van der Waals surface area contributed by atoms with Crippen LogP contribution in [0.2, 0.25) is 0 Å². The summed E-state index contributed by atoms with van der Waals surface area (Å²) in [5.41, 5.74) is 2.53. The highest BCUT2D eigenvalue weighted by Crippen LogP contribution is 2.39. The summed E-state index contributed by atoms with van der Waals surface area (Å²) in [5.74, 6) is 0.558. The van der Waals surface area contributed by atoms with E-state index in [-0.39, 0.29) is 17.8 Å². The first kappa shape index (κ1) is 23.7. The van der Waals surface area contributed by atoms with Crippen molar-refractivity contribution in [1.82, 2.24) is 15.0 Å². The number of nitrogens with one attached hydrogen (secondary N) is 1. The topological polar surface area (TPSA) is 97.6 Å². The molecule has 5 rings (SSSR count). The Balaban J connectivity index is 1.25. The highest BCUT2D eigenvalue weighted by molar-refractivity contribution is 7.17. The summed E-state index contributed by atoms with van der Waals surface area (Å²) in [7, 11) is 0. The van der Waals surface area contributed by atoms with E-state index < -0.39 is 0 Å². The summed E-state index contributed by atoms with van der Waals surface area (Å²) >= 11 is 1.53. The van der Waals surface area contributed by atoms with Crippen LogP contribution in [0.3, 0.4) is 0 Å². The molecule has 1 fully saturated rings.